The Kier molecular flexibility index (Phi) is 6.75. The van der Waals surface area contributed by atoms with Crippen LogP contribution < -0.4 is 5.32 Å². The summed E-state index contributed by atoms with van der Waals surface area (Å²) in [6.45, 7) is 2.14. The van der Waals surface area contributed by atoms with E-state index in [0.717, 1.165) is 36.0 Å². The van der Waals surface area contributed by atoms with Gasteiger partial charge in [-0.25, -0.2) is 8.78 Å². The molecule has 1 atom stereocenters. The van der Waals surface area contributed by atoms with E-state index >= 15 is 0 Å². The molecule has 0 heterocycles. The van der Waals surface area contributed by atoms with Gasteiger partial charge in [0.05, 0.1) is 6.61 Å². The van der Waals surface area contributed by atoms with Crippen molar-refractivity contribution in [3.8, 4) is 0 Å². The van der Waals surface area contributed by atoms with Crippen LogP contribution in [0.1, 0.15) is 26.2 Å². The summed E-state index contributed by atoms with van der Waals surface area (Å²) >= 11 is 1.50. The Bertz CT molecular complexity index is 389. The minimum Gasteiger partial charge on any atom is -0.394 e. The number of aliphatic hydroxyl groups excluding tert-OH is 1. The standard InChI is InChI=1S/C14H21F2NOS/c1-3-14(10-18,17-2)7-4-8-19-11-5-6-12(15)13(16)9-11/h5-6,9,17-18H,3-4,7-8,10H2,1-2H3. The lowest BCUT2D eigenvalue weighted by atomic mass is 9.92. The van der Waals surface area contributed by atoms with Gasteiger partial charge in [0.1, 0.15) is 0 Å². The van der Waals surface area contributed by atoms with Gasteiger partial charge in [-0.3, -0.25) is 0 Å². The first kappa shape index (κ1) is 16.4. The van der Waals surface area contributed by atoms with Gasteiger partial charge in [0.25, 0.3) is 0 Å². The van der Waals surface area contributed by atoms with Crippen LogP contribution in [0.5, 0.6) is 0 Å². The molecule has 0 bridgehead atoms. The predicted molar refractivity (Wildman–Crippen MR) is 75.5 cm³/mol. The molecule has 0 spiro atoms. The third-order valence-electron chi connectivity index (χ3n) is 3.47. The minimum atomic E-state index is -0.815. The fourth-order valence-electron chi connectivity index (χ4n) is 1.92. The molecular formula is C14H21F2NOS. The van der Waals surface area contributed by atoms with Gasteiger partial charge >= 0.3 is 0 Å². The first-order valence-electron chi connectivity index (χ1n) is 6.44. The SMILES string of the molecule is CCC(CO)(CCCSc1ccc(F)c(F)c1)NC. The zero-order valence-electron chi connectivity index (χ0n) is 11.4. The molecule has 0 aliphatic rings. The smallest absolute Gasteiger partial charge is 0.159 e. The number of hydrogen-bond donors (Lipinski definition) is 2. The topological polar surface area (TPSA) is 32.3 Å². The summed E-state index contributed by atoms with van der Waals surface area (Å²) in [5, 5.41) is 12.6. The number of benzene rings is 1. The fourth-order valence-corrected chi connectivity index (χ4v) is 2.79. The molecule has 5 heteroatoms. The first-order chi connectivity index (χ1) is 9.06. The molecule has 0 amide bonds. The molecule has 0 fully saturated rings. The summed E-state index contributed by atoms with van der Waals surface area (Å²) in [6.07, 6.45) is 2.61. The second-order valence-corrected chi connectivity index (χ2v) is 5.74. The van der Waals surface area contributed by atoms with Crippen LogP contribution in [-0.4, -0.2) is 30.1 Å². The van der Waals surface area contributed by atoms with Gasteiger partial charge in [-0.15, -0.1) is 11.8 Å². The van der Waals surface area contributed by atoms with Gasteiger partial charge in [0, 0.05) is 10.4 Å². The van der Waals surface area contributed by atoms with Crippen LogP contribution in [0.15, 0.2) is 23.1 Å². The molecule has 0 aliphatic carbocycles. The zero-order valence-corrected chi connectivity index (χ0v) is 12.2. The Labute approximate surface area is 117 Å². The van der Waals surface area contributed by atoms with Gasteiger partial charge < -0.3 is 10.4 Å². The van der Waals surface area contributed by atoms with E-state index < -0.39 is 11.6 Å². The Balaban J connectivity index is 2.40. The summed E-state index contributed by atoms with van der Waals surface area (Å²) in [7, 11) is 1.85. The molecule has 108 valence electrons. The summed E-state index contributed by atoms with van der Waals surface area (Å²) in [5.74, 6) is -0.808. The third kappa shape index (κ3) is 4.75. The van der Waals surface area contributed by atoms with Gasteiger partial charge in [0.2, 0.25) is 0 Å². The quantitative estimate of drug-likeness (QED) is 0.569. The maximum absolute atomic E-state index is 13.0. The molecule has 0 radical (unpaired) electrons. The average molecular weight is 289 g/mol. The van der Waals surface area contributed by atoms with Crippen LogP contribution in [0.25, 0.3) is 0 Å². The predicted octanol–water partition coefficient (Wildman–Crippen LogP) is 3.20. The van der Waals surface area contributed by atoms with E-state index in [9.17, 15) is 13.9 Å². The van der Waals surface area contributed by atoms with E-state index in [2.05, 4.69) is 5.32 Å². The van der Waals surface area contributed by atoms with Crippen LogP contribution in [0.3, 0.4) is 0 Å². The summed E-state index contributed by atoms with van der Waals surface area (Å²) in [4.78, 5) is 0.731. The van der Waals surface area contributed by atoms with Crippen LogP contribution in [0.4, 0.5) is 8.78 Å². The Hall–Kier alpha value is -0.650. The number of halogens is 2. The largest absolute Gasteiger partial charge is 0.394 e. The van der Waals surface area contributed by atoms with Crippen LogP contribution in [0, 0.1) is 11.6 Å². The molecule has 0 aliphatic heterocycles. The molecular weight excluding hydrogens is 268 g/mol. The van der Waals surface area contributed by atoms with Crippen molar-refractivity contribution in [2.45, 2.75) is 36.6 Å². The molecule has 1 aromatic rings. The van der Waals surface area contributed by atoms with Gasteiger partial charge in [-0.2, -0.15) is 0 Å². The van der Waals surface area contributed by atoms with Crippen LogP contribution in [-0.2, 0) is 0 Å². The maximum atomic E-state index is 13.0. The highest BCUT2D eigenvalue weighted by atomic mass is 32.2. The lowest BCUT2D eigenvalue weighted by Gasteiger charge is -2.30. The number of rotatable bonds is 8. The molecule has 2 N–H and O–H groups in total. The van der Waals surface area contributed by atoms with Crippen LogP contribution >= 0.6 is 11.8 Å². The monoisotopic (exact) mass is 289 g/mol. The van der Waals surface area contributed by atoms with E-state index in [-0.39, 0.29) is 12.1 Å². The molecule has 0 saturated heterocycles. The zero-order chi connectivity index (χ0) is 14.3. The van der Waals surface area contributed by atoms with Crippen molar-refractivity contribution in [1.82, 2.24) is 5.32 Å². The average Bonchev–Trinajstić information content (AvgIpc) is 2.44. The summed E-state index contributed by atoms with van der Waals surface area (Å²) < 4.78 is 25.8. The molecule has 1 rings (SSSR count). The number of aliphatic hydroxyl groups is 1. The first-order valence-corrected chi connectivity index (χ1v) is 7.43. The Morgan fingerprint density at radius 3 is 2.58 bits per heavy atom. The Morgan fingerprint density at radius 2 is 2.05 bits per heavy atom. The minimum absolute atomic E-state index is 0.107. The molecule has 19 heavy (non-hydrogen) atoms. The number of hydrogen-bond acceptors (Lipinski definition) is 3. The molecule has 0 saturated carbocycles. The van der Waals surface area contributed by atoms with Gasteiger partial charge in [-0.05, 0) is 50.3 Å². The van der Waals surface area contributed by atoms with Gasteiger partial charge in [0.15, 0.2) is 11.6 Å². The van der Waals surface area contributed by atoms with Crippen molar-refractivity contribution in [2.24, 2.45) is 0 Å². The normalized spacial score (nSPS) is 14.4. The molecule has 1 unspecified atom stereocenters. The van der Waals surface area contributed by atoms with Crippen molar-refractivity contribution in [2.75, 3.05) is 19.4 Å². The molecule has 2 nitrogen and oxygen atoms in total. The van der Waals surface area contributed by atoms with E-state index in [1.54, 1.807) is 6.07 Å². The summed E-state index contributed by atoms with van der Waals surface area (Å²) in [6, 6.07) is 3.95. The molecule has 0 aromatic heterocycles. The summed E-state index contributed by atoms with van der Waals surface area (Å²) in [5.41, 5.74) is -0.228. The van der Waals surface area contributed by atoms with E-state index in [0.29, 0.717) is 0 Å². The second-order valence-electron chi connectivity index (χ2n) is 4.57. The highest BCUT2D eigenvalue weighted by molar-refractivity contribution is 7.99. The highest BCUT2D eigenvalue weighted by Gasteiger charge is 2.24. The van der Waals surface area contributed by atoms with E-state index in [1.165, 1.54) is 17.8 Å². The Morgan fingerprint density at radius 1 is 1.32 bits per heavy atom. The fraction of sp³-hybridized carbons (Fsp3) is 0.571. The third-order valence-corrected chi connectivity index (χ3v) is 4.55. The highest BCUT2D eigenvalue weighted by Crippen LogP contribution is 2.24. The van der Waals surface area contributed by atoms with E-state index in [4.69, 9.17) is 0 Å². The van der Waals surface area contributed by atoms with Gasteiger partial charge in [-0.1, -0.05) is 6.92 Å². The number of nitrogens with one attached hydrogen (secondary N) is 1. The number of likely N-dealkylation sites (N-methyl/N-ethyl adjacent to an activating group) is 1. The van der Waals surface area contributed by atoms with Crippen molar-refractivity contribution >= 4 is 11.8 Å². The lowest BCUT2D eigenvalue weighted by molar-refractivity contribution is 0.154. The second kappa shape index (κ2) is 7.82. The van der Waals surface area contributed by atoms with Crippen molar-refractivity contribution in [1.29, 1.82) is 0 Å². The van der Waals surface area contributed by atoms with Crippen molar-refractivity contribution < 1.29 is 13.9 Å². The lowest BCUT2D eigenvalue weighted by Crippen LogP contribution is -2.45. The number of thioether (sulfide) groups is 1. The maximum Gasteiger partial charge on any atom is 0.159 e. The van der Waals surface area contributed by atoms with E-state index in [1.807, 2.05) is 14.0 Å². The van der Waals surface area contributed by atoms with Crippen molar-refractivity contribution in [3.63, 3.8) is 0 Å². The van der Waals surface area contributed by atoms with Crippen molar-refractivity contribution in [3.05, 3.63) is 29.8 Å². The van der Waals surface area contributed by atoms with Crippen LogP contribution in [0.2, 0.25) is 0 Å². The molecule has 1 aromatic carbocycles.